The molecule has 0 heterocycles. The van der Waals surface area contributed by atoms with Crippen molar-refractivity contribution in [3.8, 4) is 0 Å². The van der Waals surface area contributed by atoms with E-state index < -0.39 is 0 Å². The maximum absolute atomic E-state index is 11.6. The fourth-order valence-corrected chi connectivity index (χ4v) is 1.57. The van der Waals surface area contributed by atoms with E-state index in [0.29, 0.717) is 0 Å². The van der Waals surface area contributed by atoms with E-state index in [9.17, 15) is 4.79 Å². The van der Waals surface area contributed by atoms with Gasteiger partial charge in [-0.1, -0.05) is 60.7 Å². The fraction of sp³-hybridized carbons (Fsp3) is 0. The molecule has 0 aliphatic heterocycles. The lowest BCUT2D eigenvalue weighted by Gasteiger charge is -1.95. The largest absolute Gasteiger partial charge is 0.329 e. The van der Waals surface area contributed by atoms with Crippen molar-refractivity contribution in [2.24, 2.45) is 0 Å². The predicted molar refractivity (Wildman–Crippen MR) is 79.1 cm³/mol. The van der Waals surface area contributed by atoms with Crippen LogP contribution in [-0.4, -0.2) is 5.91 Å². The minimum atomic E-state index is -0.143. The molecule has 0 fully saturated rings. The summed E-state index contributed by atoms with van der Waals surface area (Å²) in [6, 6.07) is 19.5. The highest BCUT2D eigenvalue weighted by atomic mass is 16.1. The third-order valence-electron chi connectivity index (χ3n) is 2.53. The molecule has 0 aliphatic carbocycles. The van der Waals surface area contributed by atoms with Gasteiger partial charge in [0.05, 0.1) is 0 Å². The lowest BCUT2D eigenvalue weighted by molar-refractivity contribution is -0.115. The molecule has 94 valence electrons. The fourth-order valence-electron chi connectivity index (χ4n) is 1.57. The molecule has 0 aromatic heterocycles. The minimum Gasteiger partial charge on any atom is -0.329 e. The summed E-state index contributed by atoms with van der Waals surface area (Å²) in [4.78, 5) is 11.6. The van der Waals surface area contributed by atoms with E-state index in [4.69, 9.17) is 0 Å². The van der Waals surface area contributed by atoms with Crippen LogP contribution in [-0.2, 0) is 4.79 Å². The summed E-state index contributed by atoms with van der Waals surface area (Å²) in [7, 11) is 0. The summed E-state index contributed by atoms with van der Waals surface area (Å²) < 4.78 is 0. The summed E-state index contributed by atoms with van der Waals surface area (Å²) in [6.45, 7) is 0. The lowest BCUT2D eigenvalue weighted by Crippen LogP contribution is -2.12. The summed E-state index contributed by atoms with van der Waals surface area (Å²) in [5.41, 5.74) is 2.06. The Balaban J connectivity index is 1.85. The maximum atomic E-state index is 11.6. The Morgan fingerprint density at radius 2 is 1.32 bits per heavy atom. The number of carbonyl (C=O) groups is 1. The topological polar surface area (TPSA) is 29.1 Å². The van der Waals surface area contributed by atoms with Crippen LogP contribution in [0, 0.1) is 0 Å². The highest BCUT2D eigenvalue weighted by Gasteiger charge is 1.91. The van der Waals surface area contributed by atoms with Crippen LogP contribution in [0.25, 0.3) is 12.2 Å². The van der Waals surface area contributed by atoms with Crippen LogP contribution in [0.4, 0.5) is 0 Å². The molecule has 1 N–H and O–H groups in total. The van der Waals surface area contributed by atoms with Crippen LogP contribution in [0.3, 0.4) is 0 Å². The van der Waals surface area contributed by atoms with Crippen LogP contribution in [0.2, 0.25) is 0 Å². The molecule has 19 heavy (non-hydrogen) atoms. The van der Waals surface area contributed by atoms with Gasteiger partial charge in [0.25, 0.3) is 0 Å². The van der Waals surface area contributed by atoms with Gasteiger partial charge in [-0.3, -0.25) is 4.79 Å². The molecule has 1 amide bonds. The first kappa shape index (κ1) is 12.8. The Morgan fingerprint density at radius 3 is 1.89 bits per heavy atom. The van der Waals surface area contributed by atoms with Crippen molar-refractivity contribution in [1.29, 1.82) is 0 Å². The summed E-state index contributed by atoms with van der Waals surface area (Å²) in [5, 5.41) is 2.70. The number of carbonyl (C=O) groups excluding carboxylic acids is 1. The summed E-state index contributed by atoms with van der Waals surface area (Å²) in [6.07, 6.45) is 6.80. The second kappa shape index (κ2) is 6.97. The standard InChI is InChI=1S/C17H15NO/c19-17(12-11-15-7-3-1-4-8-15)18-14-13-16-9-5-2-6-10-16/h1-14H,(H,18,19)/b12-11+,14-13-. The molecule has 0 aliphatic rings. The second-order valence-electron chi connectivity index (χ2n) is 4.00. The summed E-state index contributed by atoms with van der Waals surface area (Å²) >= 11 is 0. The average molecular weight is 249 g/mol. The Morgan fingerprint density at radius 1 is 0.789 bits per heavy atom. The number of amides is 1. The van der Waals surface area contributed by atoms with E-state index in [2.05, 4.69) is 5.32 Å². The van der Waals surface area contributed by atoms with E-state index >= 15 is 0 Å². The molecule has 2 nitrogen and oxygen atoms in total. The molecule has 0 saturated carbocycles. The molecule has 0 saturated heterocycles. The van der Waals surface area contributed by atoms with Gasteiger partial charge < -0.3 is 5.32 Å². The first-order valence-corrected chi connectivity index (χ1v) is 6.10. The monoisotopic (exact) mass is 249 g/mol. The molecule has 2 aromatic carbocycles. The Bertz CT molecular complexity index is 571. The third-order valence-corrected chi connectivity index (χ3v) is 2.53. The average Bonchev–Trinajstić information content (AvgIpc) is 2.47. The molecule has 2 heteroatoms. The molecular weight excluding hydrogens is 234 g/mol. The molecule has 0 spiro atoms. The van der Waals surface area contributed by atoms with Gasteiger partial charge in [-0.05, 0) is 23.3 Å². The van der Waals surface area contributed by atoms with Crippen molar-refractivity contribution in [3.63, 3.8) is 0 Å². The van der Waals surface area contributed by atoms with Gasteiger partial charge in [0.1, 0.15) is 0 Å². The first-order chi connectivity index (χ1) is 9.34. The van der Waals surface area contributed by atoms with Gasteiger partial charge in [-0.25, -0.2) is 0 Å². The SMILES string of the molecule is O=C(/C=C/c1ccccc1)N/C=C\c1ccccc1. The molecule has 0 unspecified atom stereocenters. The van der Waals surface area contributed by atoms with Crippen molar-refractivity contribution in [3.05, 3.63) is 84.1 Å². The molecule has 0 bridgehead atoms. The second-order valence-corrected chi connectivity index (χ2v) is 4.00. The van der Waals surface area contributed by atoms with Gasteiger partial charge in [0, 0.05) is 12.3 Å². The molecule has 2 rings (SSSR count). The smallest absolute Gasteiger partial charge is 0.247 e. The predicted octanol–water partition coefficient (Wildman–Crippen LogP) is 3.49. The van der Waals surface area contributed by atoms with Crippen molar-refractivity contribution >= 4 is 18.1 Å². The Labute approximate surface area is 113 Å². The third kappa shape index (κ3) is 4.64. The van der Waals surface area contributed by atoms with Gasteiger partial charge >= 0.3 is 0 Å². The molecule has 2 aromatic rings. The number of rotatable bonds is 4. The first-order valence-electron chi connectivity index (χ1n) is 6.10. The molecule has 0 radical (unpaired) electrons. The van der Waals surface area contributed by atoms with Crippen LogP contribution in [0.1, 0.15) is 11.1 Å². The van der Waals surface area contributed by atoms with Crippen molar-refractivity contribution in [2.75, 3.05) is 0 Å². The molecular formula is C17H15NO. The van der Waals surface area contributed by atoms with Gasteiger partial charge in [0.15, 0.2) is 0 Å². The van der Waals surface area contributed by atoms with E-state index in [1.807, 2.05) is 66.7 Å². The van der Waals surface area contributed by atoms with E-state index in [-0.39, 0.29) is 5.91 Å². The van der Waals surface area contributed by atoms with Crippen LogP contribution >= 0.6 is 0 Å². The van der Waals surface area contributed by atoms with Crippen molar-refractivity contribution < 1.29 is 4.79 Å². The van der Waals surface area contributed by atoms with Crippen molar-refractivity contribution in [1.82, 2.24) is 5.32 Å². The van der Waals surface area contributed by atoms with E-state index in [1.165, 1.54) is 6.08 Å². The quantitative estimate of drug-likeness (QED) is 0.826. The van der Waals surface area contributed by atoms with E-state index in [1.54, 1.807) is 12.3 Å². The van der Waals surface area contributed by atoms with Gasteiger partial charge in [0.2, 0.25) is 5.91 Å². The zero-order valence-electron chi connectivity index (χ0n) is 10.5. The van der Waals surface area contributed by atoms with E-state index in [0.717, 1.165) is 11.1 Å². The van der Waals surface area contributed by atoms with Gasteiger partial charge in [-0.15, -0.1) is 0 Å². The highest BCUT2D eigenvalue weighted by Crippen LogP contribution is 2.01. The van der Waals surface area contributed by atoms with Crippen LogP contribution < -0.4 is 5.32 Å². The zero-order chi connectivity index (χ0) is 13.3. The highest BCUT2D eigenvalue weighted by molar-refractivity contribution is 5.92. The Hall–Kier alpha value is -2.61. The number of hydrogen-bond acceptors (Lipinski definition) is 1. The Kier molecular flexibility index (Phi) is 4.71. The van der Waals surface area contributed by atoms with Crippen LogP contribution in [0.5, 0.6) is 0 Å². The minimum absolute atomic E-state index is 0.143. The number of nitrogens with one attached hydrogen (secondary N) is 1. The van der Waals surface area contributed by atoms with Gasteiger partial charge in [-0.2, -0.15) is 0 Å². The maximum Gasteiger partial charge on any atom is 0.247 e. The zero-order valence-corrected chi connectivity index (χ0v) is 10.5. The summed E-state index contributed by atoms with van der Waals surface area (Å²) in [5.74, 6) is -0.143. The molecule has 0 atom stereocenters. The number of hydrogen-bond donors (Lipinski definition) is 1. The van der Waals surface area contributed by atoms with Crippen molar-refractivity contribution in [2.45, 2.75) is 0 Å². The lowest BCUT2D eigenvalue weighted by atomic mass is 10.2. The normalized spacial score (nSPS) is 10.9. The number of benzene rings is 2. The van der Waals surface area contributed by atoms with Crippen LogP contribution in [0.15, 0.2) is 72.9 Å².